The molecule has 3 nitrogen and oxygen atoms in total. The van der Waals surface area contributed by atoms with Crippen molar-refractivity contribution in [1.82, 2.24) is 0 Å². The van der Waals surface area contributed by atoms with E-state index >= 15 is 0 Å². The van der Waals surface area contributed by atoms with Gasteiger partial charge in [-0.15, -0.1) is 12.4 Å². The highest BCUT2D eigenvalue weighted by Gasteiger charge is 2.01. The molecule has 1 rings (SSSR count). The minimum Gasteiger partial charge on any atom is -0.370 e. The third-order valence-electron chi connectivity index (χ3n) is 1.43. The predicted octanol–water partition coefficient (Wildman–Crippen LogP) is 1.16. The van der Waals surface area contributed by atoms with Gasteiger partial charge in [0.1, 0.15) is 0 Å². The number of guanidine groups is 1. The summed E-state index contributed by atoms with van der Waals surface area (Å²) < 4.78 is 25.1. The monoisotopic (exact) mass is 221 g/mol. The first-order chi connectivity index (χ1) is 6.09. The Bertz CT molecular complexity index is 337. The number of benzene rings is 1. The molecule has 0 saturated heterocycles. The van der Waals surface area contributed by atoms with Gasteiger partial charge in [-0.25, -0.2) is 13.8 Å². The van der Waals surface area contributed by atoms with Gasteiger partial charge in [-0.1, -0.05) is 6.07 Å². The Morgan fingerprint density at radius 2 is 1.86 bits per heavy atom. The van der Waals surface area contributed by atoms with Crippen LogP contribution in [0.15, 0.2) is 23.2 Å². The van der Waals surface area contributed by atoms with Crippen LogP contribution in [0.3, 0.4) is 0 Å². The maximum atomic E-state index is 12.6. The van der Waals surface area contributed by atoms with Crippen molar-refractivity contribution in [2.24, 2.45) is 16.5 Å². The first-order valence-electron chi connectivity index (χ1n) is 3.59. The molecular formula is C8H10ClF2N3. The van der Waals surface area contributed by atoms with E-state index in [0.29, 0.717) is 5.56 Å². The summed E-state index contributed by atoms with van der Waals surface area (Å²) in [7, 11) is 0. The van der Waals surface area contributed by atoms with Crippen molar-refractivity contribution in [2.75, 3.05) is 0 Å². The molecule has 0 unspecified atom stereocenters. The minimum absolute atomic E-state index is 0. The van der Waals surface area contributed by atoms with Gasteiger partial charge in [0.05, 0.1) is 6.54 Å². The molecule has 0 aromatic heterocycles. The number of hydrogen-bond acceptors (Lipinski definition) is 1. The van der Waals surface area contributed by atoms with Crippen LogP contribution >= 0.6 is 12.4 Å². The lowest BCUT2D eigenvalue weighted by molar-refractivity contribution is 0.507. The summed E-state index contributed by atoms with van der Waals surface area (Å²) >= 11 is 0. The summed E-state index contributed by atoms with van der Waals surface area (Å²) in [5, 5.41) is 0. The summed E-state index contributed by atoms with van der Waals surface area (Å²) in [5.74, 6) is -1.86. The molecule has 6 heteroatoms. The summed E-state index contributed by atoms with van der Waals surface area (Å²) in [6.07, 6.45) is 0. The molecule has 14 heavy (non-hydrogen) atoms. The van der Waals surface area contributed by atoms with Crippen LogP contribution in [0, 0.1) is 11.6 Å². The molecule has 0 amide bonds. The van der Waals surface area contributed by atoms with Gasteiger partial charge in [0, 0.05) is 0 Å². The molecule has 0 aliphatic carbocycles. The van der Waals surface area contributed by atoms with Crippen LogP contribution in [0.1, 0.15) is 5.56 Å². The number of halogens is 3. The molecule has 1 aromatic carbocycles. The quantitative estimate of drug-likeness (QED) is 0.582. The van der Waals surface area contributed by atoms with E-state index in [0.717, 1.165) is 12.1 Å². The summed E-state index contributed by atoms with van der Waals surface area (Å²) in [6.45, 7) is 0.152. The Labute approximate surface area is 86.2 Å². The summed E-state index contributed by atoms with van der Waals surface area (Å²) in [6, 6.07) is 3.51. The van der Waals surface area contributed by atoms with E-state index in [1.165, 1.54) is 6.07 Å². The Balaban J connectivity index is 0.00000169. The van der Waals surface area contributed by atoms with Crippen LogP contribution in [0.4, 0.5) is 8.78 Å². The first-order valence-corrected chi connectivity index (χ1v) is 3.59. The predicted molar refractivity (Wildman–Crippen MR) is 53.1 cm³/mol. The Hall–Kier alpha value is -1.36. The van der Waals surface area contributed by atoms with Crippen molar-refractivity contribution in [3.05, 3.63) is 35.4 Å². The van der Waals surface area contributed by atoms with Crippen LogP contribution in [0.5, 0.6) is 0 Å². The third-order valence-corrected chi connectivity index (χ3v) is 1.43. The highest BCUT2D eigenvalue weighted by molar-refractivity contribution is 5.85. The molecule has 78 valence electrons. The van der Waals surface area contributed by atoms with E-state index in [1.807, 2.05) is 0 Å². The molecule has 0 spiro atoms. The zero-order valence-electron chi connectivity index (χ0n) is 7.21. The van der Waals surface area contributed by atoms with Crippen LogP contribution in [0.25, 0.3) is 0 Å². The second-order valence-electron chi connectivity index (χ2n) is 2.49. The highest BCUT2D eigenvalue weighted by Crippen LogP contribution is 2.09. The standard InChI is InChI=1S/C8H9F2N3.ClH/c9-6-2-1-5(3-7(6)10)4-13-8(11)12;/h1-3H,4H2,(H4,11,12,13);1H. The Kier molecular flexibility index (Phi) is 4.86. The van der Waals surface area contributed by atoms with Gasteiger partial charge in [0.2, 0.25) is 0 Å². The van der Waals surface area contributed by atoms with Gasteiger partial charge in [0.15, 0.2) is 17.6 Å². The highest BCUT2D eigenvalue weighted by atomic mass is 35.5. The lowest BCUT2D eigenvalue weighted by atomic mass is 10.2. The van der Waals surface area contributed by atoms with Crippen LogP contribution < -0.4 is 11.5 Å². The second kappa shape index (κ2) is 5.39. The minimum atomic E-state index is -0.900. The number of rotatable bonds is 2. The lowest BCUT2D eigenvalue weighted by Gasteiger charge is -1.98. The first kappa shape index (κ1) is 12.6. The zero-order chi connectivity index (χ0) is 9.84. The summed E-state index contributed by atoms with van der Waals surface area (Å²) in [5.41, 5.74) is 10.7. The van der Waals surface area contributed by atoms with Crippen LogP contribution in [-0.4, -0.2) is 5.96 Å². The number of nitrogens with zero attached hydrogens (tertiary/aromatic N) is 1. The van der Waals surface area contributed by atoms with E-state index in [9.17, 15) is 8.78 Å². The lowest BCUT2D eigenvalue weighted by Crippen LogP contribution is -2.22. The molecule has 0 aliphatic heterocycles. The smallest absolute Gasteiger partial charge is 0.186 e. The van der Waals surface area contributed by atoms with Gasteiger partial charge < -0.3 is 11.5 Å². The fourth-order valence-corrected chi connectivity index (χ4v) is 0.821. The van der Waals surface area contributed by atoms with Crippen LogP contribution in [-0.2, 0) is 6.54 Å². The van der Waals surface area contributed by atoms with Crippen LogP contribution in [0.2, 0.25) is 0 Å². The molecule has 0 radical (unpaired) electrons. The van der Waals surface area contributed by atoms with E-state index in [1.54, 1.807) is 0 Å². The zero-order valence-corrected chi connectivity index (χ0v) is 8.02. The average Bonchev–Trinajstić information content (AvgIpc) is 2.07. The number of hydrogen-bond donors (Lipinski definition) is 2. The van der Waals surface area contributed by atoms with Crippen molar-refractivity contribution in [3.63, 3.8) is 0 Å². The summed E-state index contributed by atoms with van der Waals surface area (Å²) in [4.78, 5) is 3.65. The molecule has 1 aromatic rings. The molecule has 0 heterocycles. The van der Waals surface area contributed by atoms with Crippen molar-refractivity contribution < 1.29 is 8.78 Å². The van der Waals surface area contributed by atoms with Gasteiger partial charge in [0.25, 0.3) is 0 Å². The Morgan fingerprint density at radius 1 is 1.21 bits per heavy atom. The van der Waals surface area contributed by atoms with E-state index in [-0.39, 0.29) is 24.9 Å². The Morgan fingerprint density at radius 3 is 2.36 bits per heavy atom. The van der Waals surface area contributed by atoms with Crippen molar-refractivity contribution >= 4 is 18.4 Å². The molecule has 0 bridgehead atoms. The fourth-order valence-electron chi connectivity index (χ4n) is 0.821. The largest absolute Gasteiger partial charge is 0.370 e. The molecule has 0 aliphatic rings. The van der Waals surface area contributed by atoms with Gasteiger partial charge in [-0.05, 0) is 17.7 Å². The van der Waals surface area contributed by atoms with Crippen molar-refractivity contribution in [3.8, 4) is 0 Å². The van der Waals surface area contributed by atoms with Crippen molar-refractivity contribution in [2.45, 2.75) is 6.54 Å². The maximum Gasteiger partial charge on any atom is 0.186 e. The van der Waals surface area contributed by atoms with E-state index in [4.69, 9.17) is 11.5 Å². The maximum absolute atomic E-state index is 12.6. The third kappa shape index (κ3) is 3.57. The molecule has 0 saturated carbocycles. The second-order valence-corrected chi connectivity index (χ2v) is 2.49. The van der Waals surface area contributed by atoms with E-state index < -0.39 is 11.6 Å². The van der Waals surface area contributed by atoms with E-state index in [2.05, 4.69) is 4.99 Å². The van der Waals surface area contributed by atoms with Gasteiger partial charge in [-0.3, -0.25) is 0 Å². The molecule has 4 N–H and O–H groups in total. The number of nitrogens with two attached hydrogens (primary N) is 2. The molecule has 0 atom stereocenters. The SMILES string of the molecule is Cl.NC(N)=NCc1ccc(F)c(F)c1. The topological polar surface area (TPSA) is 64.4 Å². The fraction of sp³-hybridized carbons (Fsp3) is 0.125. The van der Waals surface area contributed by atoms with Crippen molar-refractivity contribution in [1.29, 1.82) is 0 Å². The number of aliphatic imine (C=N–C) groups is 1. The molecular weight excluding hydrogens is 212 g/mol. The normalized spacial score (nSPS) is 9.00. The average molecular weight is 222 g/mol. The van der Waals surface area contributed by atoms with Gasteiger partial charge >= 0.3 is 0 Å². The molecule has 0 fully saturated rings. The van der Waals surface area contributed by atoms with Gasteiger partial charge in [-0.2, -0.15) is 0 Å².